The standard InChI is InChI=1S/C34H39N11O3/c1-5-27-31-23(15-37-45(31)21-17-44(18-21)16-20-8-6-11-25(38-20)33(47)35-2)22-9-7-10-24(30(22)43(27)4)39-26-14-28(40-32(46)19-12-13-19)41-42-29(26)34(48)36-3/h6-11,14-15,19,21,27H,5,12-13,16-18H2,1-4H3,(H,35,47)(H,36,48)(H2,39,40,41,46). The summed E-state index contributed by atoms with van der Waals surface area (Å²) < 4.78 is 2.18. The Morgan fingerprint density at radius 1 is 0.938 bits per heavy atom. The fourth-order valence-electron chi connectivity index (χ4n) is 6.68. The number of nitrogens with zero attached hydrogens (tertiary/aromatic N) is 7. The smallest absolute Gasteiger partial charge is 0.273 e. The van der Waals surface area contributed by atoms with Gasteiger partial charge in [0.15, 0.2) is 11.5 Å². The van der Waals surface area contributed by atoms with E-state index in [0.29, 0.717) is 23.7 Å². The van der Waals surface area contributed by atoms with Crippen LogP contribution in [-0.4, -0.2) is 81.8 Å². The van der Waals surface area contributed by atoms with Gasteiger partial charge in [-0.15, -0.1) is 10.2 Å². The number of benzene rings is 1. The molecule has 5 heterocycles. The predicted molar refractivity (Wildman–Crippen MR) is 181 cm³/mol. The van der Waals surface area contributed by atoms with Gasteiger partial charge in [-0.1, -0.05) is 25.1 Å². The highest BCUT2D eigenvalue weighted by molar-refractivity contribution is 6.01. The van der Waals surface area contributed by atoms with Crippen LogP contribution in [0.4, 0.5) is 22.9 Å². The number of carbonyl (C=O) groups excluding carboxylic acids is 3. The van der Waals surface area contributed by atoms with Crippen molar-refractivity contribution in [2.24, 2.45) is 5.92 Å². The number of aromatic nitrogens is 5. The monoisotopic (exact) mass is 649 g/mol. The molecule has 0 bridgehead atoms. The van der Waals surface area contributed by atoms with Crippen LogP contribution in [0.15, 0.2) is 48.7 Å². The Hall–Kier alpha value is -5.37. The lowest BCUT2D eigenvalue weighted by Gasteiger charge is -2.43. The molecule has 1 aromatic carbocycles. The first-order chi connectivity index (χ1) is 23.3. The summed E-state index contributed by atoms with van der Waals surface area (Å²) in [6.45, 7) is 4.48. The minimum atomic E-state index is -0.386. The van der Waals surface area contributed by atoms with Crippen molar-refractivity contribution in [1.82, 2.24) is 40.5 Å². The third-order valence-corrected chi connectivity index (χ3v) is 9.32. The number of fused-ring (bicyclic) bond motifs is 3. The molecule has 3 aliphatic rings. The van der Waals surface area contributed by atoms with Crippen LogP contribution in [-0.2, 0) is 11.3 Å². The normalized spacial score (nSPS) is 17.2. The highest BCUT2D eigenvalue weighted by atomic mass is 16.2. The molecule has 0 radical (unpaired) electrons. The quantitative estimate of drug-likeness (QED) is 0.200. The number of para-hydroxylation sites is 1. The molecule has 7 rings (SSSR count). The number of rotatable bonds is 10. The number of amides is 3. The number of carbonyl (C=O) groups is 3. The summed E-state index contributed by atoms with van der Waals surface area (Å²) >= 11 is 0. The summed E-state index contributed by atoms with van der Waals surface area (Å²) in [5, 5.41) is 24.8. The molecule has 1 aliphatic carbocycles. The zero-order valence-corrected chi connectivity index (χ0v) is 27.4. The van der Waals surface area contributed by atoms with Gasteiger partial charge in [0, 0.05) is 63.9 Å². The topological polar surface area (TPSA) is 162 Å². The largest absolute Gasteiger partial charge is 0.364 e. The lowest BCUT2D eigenvalue weighted by atomic mass is 9.91. The van der Waals surface area contributed by atoms with Crippen LogP contribution in [0.2, 0.25) is 0 Å². The van der Waals surface area contributed by atoms with Gasteiger partial charge >= 0.3 is 0 Å². The van der Waals surface area contributed by atoms with E-state index in [0.717, 1.165) is 60.5 Å². The van der Waals surface area contributed by atoms with Gasteiger partial charge in [-0.2, -0.15) is 5.10 Å². The fraction of sp³-hybridized carbons (Fsp3) is 0.382. The van der Waals surface area contributed by atoms with E-state index in [-0.39, 0.29) is 41.4 Å². The molecule has 48 heavy (non-hydrogen) atoms. The number of likely N-dealkylation sites (tertiary alicyclic amines) is 1. The molecule has 0 spiro atoms. The first-order valence-corrected chi connectivity index (χ1v) is 16.3. The van der Waals surface area contributed by atoms with E-state index in [9.17, 15) is 14.4 Å². The molecule has 4 N–H and O–H groups in total. The Morgan fingerprint density at radius 3 is 2.44 bits per heavy atom. The second-order valence-electron chi connectivity index (χ2n) is 12.5. The van der Waals surface area contributed by atoms with Crippen molar-refractivity contribution >= 4 is 40.6 Å². The average molecular weight is 650 g/mol. The lowest BCUT2D eigenvalue weighted by Crippen LogP contribution is -2.48. The van der Waals surface area contributed by atoms with Crippen LogP contribution in [0, 0.1) is 5.92 Å². The van der Waals surface area contributed by atoms with Gasteiger partial charge in [-0.25, -0.2) is 4.98 Å². The van der Waals surface area contributed by atoms with Gasteiger partial charge in [0.2, 0.25) is 5.91 Å². The Balaban J connectivity index is 1.15. The molecule has 1 unspecified atom stereocenters. The average Bonchev–Trinajstić information content (AvgIpc) is 3.86. The van der Waals surface area contributed by atoms with Crippen molar-refractivity contribution in [3.63, 3.8) is 0 Å². The maximum Gasteiger partial charge on any atom is 0.273 e. The Kier molecular flexibility index (Phi) is 8.25. The molecule has 3 aromatic heterocycles. The van der Waals surface area contributed by atoms with Crippen LogP contribution >= 0.6 is 0 Å². The Labute approximate surface area is 278 Å². The number of nitrogens with one attached hydrogen (secondary N) is 4. The molecular weight excluding hydrogens is 610 g/mol. The van der Waals surface area contributed by atoms with Crippen molar-refractivity contribution in [2.75, 3.05) is 49.8 Å². The van der Waals surface area contributed by atoms with Gasteiger partial charge < -0.3 is 26.2 Å². The molecule has 3 amide bonds. The van der Waals surface area contributed by atoms with Crippen molar-refractivity contribution in [3.8, 4) is 11.1 Å². The molecular formula is C34H39N11O3. The van der Waals surface area contributed by atoms with E-state index >= 15 is 0 Å². The van der Waals surface area contributed by atoms with Crippen LogP contribution in [0.3, 0.4) is 0 Å². The summed E-state index contributed by atoms with van der Waals surface area (Å²) in [5.74, 6) is -0.370. The van der Waals surface area contributed by atoms with Gasteiger partial charge in [-0.05, 0) is 37.5 Å². The summed E-state index contributed by atoms with van der Waals surface area (Å²) in [4.78, 5) is 46.4. The maximum atomic E-state index is 12.8. The molecule has 14 heteroatoms. The van der Waals surface area contributed by atoms with Crippen molar-refractivity contribution in [3.05, 3.63) is 71.4 Å². The molecule has 1 saturated heterocycles. The summed E-state index contributed by atoms with van der Waals surface area (Å²) in [6.07, 6.45) is 4.55. The Bertz CT molecular complexity index is 1900. The van der Waals surface area contributed by atoms with Crippen molar-refractivity contribution in [2.45, 2.75) is 44.8 Å². The molecule has 2 aliphatic heterocycles. The third kappa shape index (κ3) is 5.72. The number of pyridine rings is 1. The number of hydrogen-bond acceptors (Lipinski definition) is 10. The predicted octanol–water partition coefficient (Wildman–Crippen LogP) is 3.50. The van der Waals surface area contributed by atoms with E-state index in [1.165, 1.54) is 5.69 Å². The van der Waals surface area contributed by atoms with Gasteiger partial charge in [0.1, 0.15) is 5.69 Å². The number of anilines is 4. The minimum absolute atomic E-state index is 0.00469. The van der Waals surface area contributed by atoms with Crippen molar-refractivity contribution in [1.29, 1.82) is 0 Å². The first kappa shape index (κ1) is 31.2. The van der Waals surface area contributed by atoms with Gasteiger partial charge in [0.05, 0.1) is 46.7 Å². The summed E-state index contributed by atoms with van der Waals surface area (Å²) in [5.41, 5.74) is 6.91. The fourth-order valence-corrected chi connectivity index (χ4v) is 6.68. The highest BCUT2D eigenvalue weighted by Gasteiger charge is 2.38. The SMILES string of the molecule is CCC1c2c(cnn2C2CN(Cc3cccc(C(=O)NC)n3)C2)-c2cccc(Nc3cc(NC(=O)C4CC4)nnc3C(=O)NC)c2N1C. The number of hydrogen-bond donors (Lipinski definition) is 4. The zero-order valence-electron chi connectivity index (χ0n) is 27.4. The molecule has 2 fully saturated rings. The van der Waals surface area contributed by atoms with E-state index in [4.69, 9.17) is 5.10 Å². The van der Waals surface area contributed by atoms with Crippen molar-refractivity contribution < 1.29 is 14.4 Å². The maximum absolute atomic E-state index is 12.8. The van der Waals surface area contributed by atoms with Crippen LogP contribution in [0.25, 0.3) is 11.1 Å². The Morgan fingerprint density at radius 2 is 1.71 bits per heavy atom. The second kappa shape index (κ2) is 12.7. The molecule has 14 nitrogen and oxygen atoms in total. The van der Waals surface area contributed by atoms with Gasteiger partial charge in [0.25, 0.3) is 11.8 Å². The van der Waals surface area contributed by atoms with Gasteiger partial charge in [-0.3, -0.25) is 24.0 Å². The van der Waals surface area contributed by atoms with Crippen LogP contribution in [0.5, 0.6) is 0 Å². The van der Waals surface area contributed by atoms with E-state index in [1.54, 1.807) is 26.2 Å². The molecule has 1 atom stereocenters. The summed E-state index contributed by atoms with van der Waals surface area (Å²) in [6, 6.07) is 13.5. The third-order valence-electron chi connectivity index (χ3n) is 9.32. The first-order valence-electron chi connectivity index (χ1n) is 16.3. The van der Waals surface area contributed by atoms with E-state index in [2.05, 4.69) is 71.0 Å². The molecule has 4 aromatic rings. The molecule has 248 valence electrons. The molecule has 1 saturated carbocycles. The zero-order chi connectivity index (χ0) is 33.5. The lowest BCUT2D eigenvalue weighted by molar-refractivity contribution is -0.117. The van der Waals surface area contributed by atoms with Crippen LogP contribution in [0.1, 0.15) is 70.6 Å². The van der Waals surface area contributed by atoms with E-state index in [1.807, 2.05) is 30.5 Å². The van der Waals surface area contributed by atoms with E-state index < -0.39 is 0 Å². The minimum Gasteiger partial charge on any atom is -0.364 e. The summed E-state index contributed by atoms with van der Waals surface area (Å²) in [7, 11) is 5.24. The second-order valence-corrected chi connectivity index (χ2v) is 12.5. The van der Waals surface area contributed by atoms with Crippen LogP contribution < -0.4 is 26.2 Å². The highest BCUT2D eigenvalue weighted by Crippen LogP contribution is 2.50.